The number of rotatable bonds is 3. The average molecular weight is 340 g/mol. The van der Waals surface area contributed by atoms with Crippen molar-refractivity contribution in [2.45, 2.75) is 18.0 Å². The van der Waals surface area contributed by atoms with E-state index in [1.165, 1.54) is 24.3 Å². The van der Waals surface area contributed by atoms with Gasteiger partial charge in [0.1, 0.15) is 0 Å². The van der Waals surface area contributed by atoms with Gasteiger partial charge in [-0.3, -0.25) is 4.72 Å². The van der Waals surface area contributed by atoms with Gasteiger partial charge in [0.25, 0.3) is 10.0 Å². The van der Waals surface area contributed by atoms with Gasteiger partial charge in [0.05, 0.1) is 27.8 Å². The lowest BCUT2D eigenvalue weighted by molar-refractivity contribution is -0.139. The largest absolute Gasteiger partial charge is 0.417 e. The molecule has 2 rings (SSSR count). The normalized spacial score (nSPS) is 11.8. The summed E-state index contributed by atoms with van der Waals surface area (Å²) in [5, 5.41) is 8.93. The molecule has 0 radical (unpaired) electrons. The highest BCUT2D eigenvalue weighted by Gasteiger charge is 2.36. The summed E-state index contributed by atoms with van der Waals surface area (Å²) in [4.78, 5) is -0.869. The summed E-state index contributed by atoms with van der Waals surface area (Å²) >= 11 is 0. The van der Waals surface area contributed by atoms with E-state index < -0.39 is 26.7 Å². The molecule has 2 aromatic carbocycles. The molecule has 120 valence electrons. The standard InChI is InChI=1S/C15H11F3N2O2S/c1-10-6-7-12(8-11(10)9-19)20-23(21,22)14-5-3-2-4-13(14)15(16,17)18/h2-8,20H,1H3. The van der Waals surface area contributed by atoms with Crippen molar-refractivity contribution in [3.05, 3.63) is 59.2 Å². The predicted molar refractivity (Wildman–Crippen MR) is 78.1 cm³/mol. The molecule has 0 fully saturated rings. The third-order valence-corrected chi connectivity index (χ3v) is 4.53. The summed E-state index contributed by atoms with van der Waals surface area (Å²) in [6.45, 7) is 1.66. The smallest absolute Gasteiger partial charge is 0.280 e. The number of benzene rings is 2. The van der Waals surface area contributed by atoms with E-state index in [0.717, 1.165) is 12.1 Å². The van der Waals surface area contributed by atoms with Crippen molar-refractivity contribution < 1.29 is 21.6 Å². The van der Waals surface area contributed by atoms with Crippen molar-refractivity contribution in [1.82, 2.24) is 0 Å². The first kappa shape index (κ1) is 16.8. The number of aryl methyl sites for hydroxylation is 1. The summed E-state index contributed by atoms with van der Waals surface area (Å²) in [7, 11) is -4.44. The van der Waals surface area contributed by atoms with E-state index in [-0.39, 0.29) is 11.3 Å². The van der Waals surface area contributed by atoms with E-state index in [4.69, 9.17) is 5.26 Å². The Balaban J connectivity index is 2.47. The van der Waals surface area contributed by atoms with Gasteiger partial charge in [-0.25, -0.2) is 8.42 Å². The Morgan fingerprint density at radius 2 is 1.78 bits per heavy atom. The molecular weight excluding hydrogens is 329 g/mol. The van der Waals surface area contributed by atoms with Crippen molar-refractivity contribution in [3.8, 4) is 6.07 Å². The lowest BCUT2D eigenvalue weighted by atomic mass is 10.1. The number of alkyl halides is 3. The maximum absolute atomic E-state index is 13.0. The van der Waals surface area contributed by atoms with Gasteiger partial charge in [-0.15, -0.1) is 0 Å². The second kappa shape index (κ2) is 5.93. The Labute approximate surface area is 131 Å². The molecule has 0 amide bonds. The first-order chi connectivity index (χ1) is 10.6. The van der Waals surface area contributed by atoms with Crippen molar-refractivity contribution in [2.24, 2.45) is 0 Å². The van der Waals surface area contributed by atoms with Gasteiger partial charge in [-0.2, -0.15) is 18.4 Å². The number of nitrogens with zero attached hydrogens (tertiary/aromatic N) is 1. The summed E-state index contributed by atoms with van der Waals surface area (Å²) in [6, 6.07) is 9.93. The third kappa shape index (κ3) is 3.63. The molecule has 0 aliphatic rings. The van der Waals surface area contributed by atoms with Crippen molar-refractivity contribution in [2.75, 3.05) is 4.72 Å². The number of hydrogen-bond donors (Lipinski definition) is 1. The van der Waals surface area contributed by atoms with Crippen molar-refractivity contribution in [3.63, 3.8) is 0 Å². The molecule has 4 nitrogen and oxygen atoms in total. The Kier molecular flexibility index (Phi) is 4.34. The van der Waals surface area contributed by atoms with Gasteiger partial charge in [0.15, 0.2) is 0 Å². The first-order valence-corrected chi connectivity index (χ1v) is 7.83. The van der Waals surface area contributed by atoms with Crippen LogP contribution in [0.15, 0.2) is 47.4 Å². The van der Waals surface area contributed by atoms with Crippen LogP contribution in [0.25, 0.3) is 0 Å². The summed E-state index contributed by atoms with van der Waals surface area (Å²) in [5.41, 5.74) is -0.371. The molecule has 0 atom stereocenters. The average Bonchev–Trinajstić information content (AvgIpc) is 2.48. The maximum atomic E-state index is 13.0. The summed E-state index contributed by atoms with van der Waals surface area (Å²) in [6.07, 6.45) is -4.80. The molecule has 1 N–H and O–H groups in total. The minimum absolute atomic E-state index is 0.0177. The number of hydrogen-bond acceptors (Lipinski definition) is 3. The molecule has 0 heterocycles. The van der Waals surface area contributed by atoms with Crippen LogP contribution in [0.2, 0.25) is 0 Å². The second-order valence-electron chi connectivity index (χ2n) is 4.74. The Morgan fingerprint density at radius 1 is 1.13 bits per heavy atom. The minimum Gasteiger partial charge on any atom is -0.280 e. The van der Waals surface area contributed by atoms with Gasteiger partial charge >= 0.3 is 6.18 Å². The molecule has 2 aromatic rings. The van der Waals surface area contributed by atoms with Gasteiger partial charge in [0.2, 0.25) is 0 Å². The molecule has 8 heteroatoms. The maximum Gasteiger partial charge on any atom is 0.417 e. The van der Waals surface area contributed by atoms with Crippen LogP contribution in [-0.2, 0) is 16.2 Å². The molecular formula is C15H11F3N2O2S. The number of sulfonamides is 1. The molecule has 0 saturated carbocycles. The second-order valence-corrected chi connectivity index (χ2v) is 6.39. The molecule has 0 aliphatic carbocycles. The SMILES string of the molecule is Cc1ccc(NS(=O)(=O)c2ccccc2C(F)(F)F)cc1C#N. The van der Waals surface area contributed by atoms with Crippen LogP contribution in [0.5, 0.6) is 0 Å². The molecule has 0 unspecified atom stereocenters. The zero-order valence-corrected chi connectivity index (χ0v) is 12.7. The quantitative estimate of drug-likeness (QED) is 0.926. The van der Waals surface area contributed by atoms with E-state index in [1.807, 2.05) is 6.07 Å². The highest BCUT2D eigenvalue weighted by atomic mass is 32.2. The van der Waals surface area contributed by atoms with Crippen LogP contribution in [0.1, 0.15) is 16.7 Å². The number of nitrogens with one attached hydrogen (secondary N) is 1. The monoisotopic (exact) mass is 340 g/mol. The summed E-state index contributed by atoms with van der Waals surface area (Å²) in [5.74, 6) is 0. The van der Waals surface area contributed by atoms with E-state index >= 15 is 0 Å². The van der Waals surface area contributed by atoms with Crippen LogP contribution in [0.4, 0.5) is 18.9 Å². The van der Waals surface area contributed by atoms with Crippen molar-refractivity contribution in [1.29, 1.82) is 5.26 Å². The molecule has 0 aromatic heterocycles. The highest BCUT2D eigenvalue weighted by molar-refractivity contribution is 7.92. The van der Waals surface area contributed by atoms with Crippen LogP contribution >= 0.6 is 0 Å². The van der Waals surface area contributed by atoms with Crippen LogP contribution in [0, 0.1) is 18.3 Å². The third-order valence-electron chi connectivity index (χ3n) is 3.09. The fraction of sp³-hybridized carbons (Fsp3) is 0.133. The van der Waals surface area contributed by atoms with Crippen LogP contribution in [0.3, 0.4) is 0 Å². The Hall–Kier alpha value is -2.53. The summed E-state index contributed by atoms with van der Waals surface area (Å²) < 4.78 is 65.5. The Morgan fingerprint density at radius 3 is 2.39 bits per heavy atom. The number of nitriles is 1. The highest BCUT2D eigenvalue weighted by Crippen LogP contribution is 2.34. The van der Waals surface area contributed by atoms with E-state index in [1.54, 1.807) is 6.92 Å². The van der Waals surface area contributed by atoms with Crippen LogP contribution in [-0.4, -0.2) is 8.42 Å². The van der Waals surface area contributed by atoms with Gasteiger partial charge in [-0.05, 0) is 36.8 Å². The van der Waals surface area contributed by atoms with Crippen molar-refractivity contribution >= 4 is 15.7 Å². The first-order valence-electron chi connectivity index (χ1n) is 6.35. The molecule has 0 saturated heterocycles. The molecule has 0 spiro atoms. The van der Waals surface area contributed by atoms with Gasteiger partial charge in [-0.1, -0.05) is 18.2 Å². The zero-order valence-electron chi connectivity index (χ0n) is 11.8. The molecule has 23 heavy (non-hydrogen) atoms. The van der Waals surface area contributed by atoms with Gasteiger partial charge < -0.3 is 0 Å². The lowest BCUT2D eigenvalue weighted by Crippen LogP contribution is -2.19. The minimum atomic E-state index is -4.80. The zero-order chi connectivity index (χ0) is 17.3. The fourth-order valence-corrected chi connectivity index (χ4v) is 3.23. The van der Waals surface area contributed by atoms with E-state index in [2.05, 4.69) is 4.72 Å². The van der Waals surface area contributed by atoms with E-state index in [9.17, 15) is 21.6 Å². The number of anilines is 1. The lowest BCUT2D eigenvalue weighted by Gasteiger charge is -2.14. The Bertz CT molecular complexity index is 884. The fourth-order valence-electron chi connectivity index (χ4n) is 1.95. The molecule has 0 bridgehead atoms. The number of halogens is 3. The molecule has 0 aliphatic heterocycles. The van der Waals surface area contributed by atoms with E-state index in [0.29, 0.717) is 11.6 Å². The van der Waals surface area contributed by atoms with Gasteiger partial charge in [0, 0.05) is 0 Å². The predicted octanol–water partition coefficient (Wildman–Crippen LogP) is 3.69. The van der Waals surface area contributed by atoms with Crippen LogP contribution < -0.4 is 4.72 Å². The topological polar surface area (TPSA) is 70.0 Å².